The molecular weight excluding hydrogens is 240 g/mol. The first kappa shape index (κ1) is 12.8. The number of hydrogen-bond donors (Lipinski definition) is 1. The van der Waals surface area contributed by atoms with Crippen molar-refractivity contribution in [2.45, 2.75) is 13.0 Å². The number of amides is 1. The van der Waals surface area contributed by atoms with E-state index < -0.39 is 0 Å². The summed E-state index contributed by atoms with van der Waals surface area (Å²) in [6, 6.07) is 9.08. The van der Waals surface area contributed by atoms with Crippen molar-refractivity contribution in [3.05, 3.63) is 54.1 Å². The molecule has 0 aliphatic heterocycles. The van der Waals surface area contributed by atoms with E-state index in [4.69, 9.17) is 5.26 Å². The Morgan fingerprint density at radius 2 is 2.16 bits per heavy atom. The second-order valence-electron chi connectivity index (χ2n) is 4.14. The van der Waals surface area contributed by atoms with Crippen LogP contribution < -0.4 is 5.32 Å². The van der Waals surface area contributed by atoms with Crippen LogP contribution >= 0.6 is 0 Å². The molecule has 1 aromatic carbocycles. The Kier molecular flexibility index (Phi) is 4.29. The molecule has 5 heteroatoms. The molecule has 0 fully saturated rings. The van der Waals surface area contributed by atoms with Gasteiger partial charge < -0.3 is 9.88 Å². The Balaban J connectivity index is 1.76. The molecule has 2 aromatic rings. The van der Waals surface area contributed by atoms with Gasteiger partial charge in [0, 0.05) is 25.5 Å². The van der Waals surface area contributed by atoms with Crippen molar-refractivity contribution in [2.75, 3.05) is 6.54 Å². The van der Waals surface area contributed by atoms with E-state index in [1.807, 2.05) is 16.8 Å². The number of carbonyl (C=O) groups is 1. The second kappa shape index (κ2) is 6.36. The van der Waals surface area contributed by atoms with Gasteiger partial charge in [0.1, 0.15) is 0 Å². The fourth-order valence-electron chi connectivity index (χ4n) is 1.69. The number of benzene rings is 1. The molecule has 0 unspecified atom stereocenters. The van der Waals surface area contributed by atoms with Gasteiger partial charge in [-0.1, -0.05) is 12.1 Å². The van der Waals surface area contributed by atoms with Gasteiger partial charge >= 0.3 is 0 Å². The number of rotatable bonds is 5. The van der Waals surface area contributed by atoms with E-state index in [0.717, 1.165) is 5.56 Å². The SMILES string of the molecule is N#Cc1ccc(CC(=O)NCCn2ccnc2)cc1. The minimum atomic E-state index is -0.0233. The molecule has 0 spiro atoms. The maximum Gasteiger partial charge on any atom is 0.224 e. The van der Waals surface area contributed by atoms with Crippen molar-refractivity contribution < 1.29 is 4.79 Å². The Bertz CT molecular complexity index is 566. The molecule has 1 amide bonds. The average molecular weight is 254 g/mol. The topological polar surface area (TPSA) is 70.7 Å². The Morgan fingerprint density at radius 1 is 1.37 bits per heavy atom. The van der Waals surface area contributed by atoms with Crippen LogP contribution in [0.15, 0.2) is 43.0 Å². The van der Waals surface area contributed by atoms with Crippen LogP contribution in [0, 0.1) is 11.3 Å². The lowest BCUT2D eigenvalue weighted by Gasteiger charge is -2.06. The maximum absolute atomic E-state index is 11.7. The first-order chi connectivity index (χ1) is 9.28. The third-order valence-electron chi connectivity index (χ3n) is 2.70. The largest absolute Gasteiger partial charge is 0.354 e. The lowest BCUT2D eigenvalue weighted by molar-refractivity contribution is -0.120. The number of aromatic nitrogens is 2. The van der Waals surface area contributed by atoms with Crippen molar-refractivity contribution in [1.82, 2.24) is 14.9 Å². The summed E-state index contributed by atoms with van der Waals surface area (Å²) >= 11 is 0. The molecule has 19 heavy (non-hydrogen) atoms. The molecule has 0 aliphatic rings. The summed E-state index contributed by atoms with van der Waals surface area (Å²) in [6.45, 7) is 1.28. The molecule has 0 saturated carbocycles. The fraction of sp³-hybridized carbons (Fsp3) is 0.214. The van der Waals surface area contributed by atoms with E-state index in [1.165, 1.54) is 0 Å². The van der Waals surface area contributed by atoms with Crippen LogP contribution in [0.1, 0.15) is 11.1 Å². The quantitative estimate of drug-likeness (QED) is 0.869. The van der Waals surface area contributed by atoms with Gasteiger partial charge in [0.05, 0.1) is 24.4 Å². The molecule has 0 bridgehead atoms. The minimum absolute atomic E-state index is 0.0233. The second-order valence-corrected chi connectivity index (χ2v) is 4.14. The van der Waals surface area contributed by atoms with Gasteiger partial charge in [-0.25, -0.2) is 4.98 Å². The Hall–Kier alpha value is -2.61. The Morgan fingerprint density at radius 3 is 2.79 bits per heavy atom. The van der Waals surface area contributed by atoms with Crippen molar-refractivity contribution in [3.63, 3.8) is 0 Å². The number of carbonyl (C=O) groups excluding carboxylic acids is 1. The van der Waals surface area contributed by atoms with Gasteiger partial charge in [-0.3, -0.25) is 4.79 Å². The van der Waals surface area contributed by atoms with Crippen molar-refractivity contribution in [3.8, 4) is 6.07 Å². The van der Waals surface area contributed by atoms with E-state index >= 15 is 0 Å². The zero-order valence-electron chi connectivity index (χ0n) is 10.4. The highest BCUT2D eigenvalue weighted by atomic mass is 16.1. The summed E-state index contributed by atoms with van der Waals surface area (Å²) in [4.78, 5) is 15.6. The highest BCUT2D eigenvalue weighted by Gasteiger charge is 2.02. The molecule has 1 aromatic heterocycles. The predicted molar refractivity (Wildman–Crippen MR) is 70.1 cm³/mol. The van der Waals surface area contributed by atoms with Crippen LogP contribution in [-0.2, 0) is 17.8 Å². The number of hydrogen-bond acceptors (Lipinski definition) is 3. The smallest absolute Gasteiger partial charge is 0.224 e. The summed E-state index contributed by atoms with van der Waals surface area (Å²) in [5.74, 6) is -0.0233. The number of nitrogens with zero attached hydrogens (tertiary/aromatic N) is 3. The van der Waals surface area contributed by atoms with E-state index in [-0.39, 0.29) is 5.91 Å². The first-order valence-electron chi connectivity index (χ1n) is 5.99. The van der Waals surface area contributed by atoms with Crippen LogP contribution in [0.2, 0.25) is 0 Å². The highest BCUT2D eigenvalue weighted by Crippen LogP contribution is 2.03. The van der Waals surface area contributed by atoms with Gasteiger partial charge in [-0.2, -0.15) is 5.26 Å². The lowest BCUT2D eigenvalue weighted by atomic mass is 10.1. The Labute approximate surface area is 111 Å². The van der Waals surface area contributed by atoms with Crippen LogP contribution in [0.4, 0.5) is 0 Å². The zero-order valence-corrected chi connectivity index (χ0v) is 10.4. The van der Waals surface area contributed by atoms with Crippen LogP contribution in [0.25, 0.3) is 0 Å². The number of imidazole rings is 1. The molecule has 1 heterocycles. The van der Waals surface area contributed by atoms with Crippen molar-refractivity contribution >= 4 is 5.91 Å². The first-order valence-corrected chi connectivity index (χ1v) is 5.99. The third kappa shape index (κ3) is 3.96. The summed E-state index contributed by atoms with van der Waals surface area (Å²) < 4.78 is 1.90. The van der Waals surface area contributed by atoms with E-state index in [0.29, 0.717) is 25.1 Å². The molecule has 5 nitrogen and oxygen atoms in total. The number of nitrogens with one attached hydrogen (secondary N) is 1. The molecule has 0 saturated heterocycles. The van der Waals surface area contributed by atoms with Gasteiger partial charge in [-0.15, -0.1) is 0 Å². The molecule has 0 aliphatic carbocycles. The van der Waals surface area contributed by atoms with Gasteiger partial charge in [0.2, 0.25) is 5.91 Å². The predicted octanol–water partition coefficient (Wildman–Crippen LogP) is 1.11. The van der Waals surface area contributed by atoms with Crippen molar-refractivity contribution in [1.29, 1.82) is 5.26 Å². The molecule has 2 rings (SSSR count). The maximum atomic E-state index is 11.7. The normalized spacial score (nSPS) is 9.84. The van der Waals surface area contributed by atoms with E-state index in [1.54, 1.807) is 36.8 Å². The standard InChI is InChI=1S/C14H14N4O/c15-10-13-3-1-12(2-4-13)9-14(19)17-6-8-18-7-5-16-11-18/h1-5,7,11H,6,8-9H2,(H,17,19). The summed E-state index contributed by atoms with van der Waals surface area (Å²) in [5.41, 5.74) is 1.50. The average Bonchev–Trinajstić information content (AvgIpc) is 2.93. The van der Waals surface area contributed by atoms with Crippen LogP contribution in [-0.4, -0.2) is 22.0 Å². The van der Waals surface area contributed by atoms with Gasteiger partial charge in [-0.05, 0) is 17.7 Å². The summed E-state index contributed by atoms with van der Waals surface area (Å²) in [5, 5.41) is 11.5. The van der Waals surface area contributed by atoms with Crippen LogP contribution in [0.3, 0.4) is 0 Å². The molecule has 0 atom stereocenters. The highest BCUT2D eigenvalue weighted by molar-refractivity contribution is 5.78. The minimum Gasteiger partial charge on any atom is -0.354 e. The molecule has 0 radical (unpaired) electrons. The summed E-state index contributed by atoms with van der Waals surface area (Å²) in [6.07, 6.45) is 5.60. The van der Waals surface area contributed by atoms with Crippen molar-refractivity contribution in [2.24, 2.45) is 0 Å². The number of nitriles is 1. The summed E-state index contributed by atoms with van der Waals surface area (Å²) in [7, 11) is 0. The fourth-order valence-corrected chi connectivity index (χ4v) is 1.69. The van der Waals surface area contributed by atoms with E-state index in [2.05, 4.69) is 10.3 Å². The van der Waals surface area contributed by atoms with Crippen LogP contribution in [0.5, 0.6) is 0 Å². The van der Waals surface area contributed by atoms with E-state index in [9.17, 15) is 4.79 Å². The lowest BCUT2D eigenvalue weighted by Crippen LogP contribution is -2.28. The molecule has 1 N–H and O–H groups in total. The van der Waals surface area contributed by atoms with Gasteiger partial charge in [0.15, 0.2) is 0 Å². The molecular formula is C14H14N4O. The monoisotopic (exact) mass is 254 g/mol. The third-order valence-corrected chi connectivity index (χ3v) is 2.70. The zero-order chi connectivity index (χ0) is 13.5. The van der Waals surface area contributed by atoms with Gasteiger partial charge in [0.25, 0.3) is 0 Å². The molecule has 96 valence electrons.